The van der Waals surface area contributed by atoms with E-state index in [9.17, 15) is 24.0 Å². The summed E-state index contributed by atoms with van der Waals surface area (Å²) >= 11 is 1.19. The van der Waals surface area contributed by atoms with E-state index in [1.165, 1.54) is 17.5 Å². The minimum Gasteiger partial charge on any atom is -0.491 e. The molecule has 0 atom stereocenters. The van der Waals surface area contributed by atoms with Gasteiger partial charge in [-0.25, -0.2) is 9.97 Å². The molecule has 0 unspecified atom stereocenters. The Morgan fingerprint density at radius 1 is 0.945 bits per heavy atom. The lowest BCUT2D eigenvalue weighted by molar-refractivity contribution is -0.108. The number of benzene rings is 1. The van der Waals surface area contributed by atoms with Crippen molar-refractivity contribution in [3.05, 3.63) is 87.4 Å². The standard InChI is InChI=1S/C37H39N11O6S/c1-5-47-27(15-22(3)43-47)34(52)41-36-40-26-17-24(21-50)18-29(54-14-10-9-13-49)31(26)45(36)11-7-8-12-46-33-30(19-25(20-39-33)32(38)51)55-37(46)42-35(53)28-16-23(4)44-48(28)6-2/h7-8,13,15-21H,5-6,9-12,14H2,1-4H3,(H2,38,51)(H,40,41,52)/b8-7+,42-37?. The number of aromatic nitrogens is 8. The summed E-state index contributed by atoms with van der Waals surface area (Å²) < 4.78 is 13.4. The molecule has 5 aromatic heterocycles. The zero-order valence-corrected chi connectivity index (χ0v) is 31.5. The fourth-order valence-corrected chi connectivity index (χ4v) is 7.03. The zero-order chi connectivity index (χ0) is 39.2. The van der Waals surface area contributed by atoms with E-state index >= 15 is 0 Å². The van der Waals surface area contributed by atoms with E-state index in [1.54, 1.807) is 62.7 Å². The van der Waals surface area contributed by atoms with Crippen molar-refractivity contribution in [2.45, 2.75) is 66.7 Å². The van der Waals surface area contributed by atoms with Gasteiger partial charge in [-0.3, -0.25) is 38.4 Å². The average molecular weight is 766 g/mol. The number of aryl methyl sites for hydroxylation is 4. The van der Waals surface area contributed by atoms with E-state index in [1.807, 2.05) is 26.0 Å². The van der Waals surface area contributed by atoms with Crippen LogP contribution in [-0.4, -0.2) is 75.6 Å². The number of amides is 3. The van der Waals surface area contributed by atoms with Crippen LogP contribution in [0.2, 0.25) is 0 Å². The molecule has 18 heteroatoms. The maximum Gasteiger partial charge on any atom is 0.297 e. The number of nitrogens with zero attached hydrogens (tertiary/aromatic N) is 9. The van der Waals surface area contributed by atoms with E-state index in [-0.39, 0.29) is 31.2 Å². The molecular formula is C37H39N11O6S. The SMILES string of the molecule is CCn1nc(C)cc1C(=O)N=c1sc2cc(C(N)=O)cnc2n1C/C=C/Cn1c(NC(=O)c2cc(C)nn2CC)nc2cc(C=O)cc(OCCCC=O)c21. The number of thiazole rings is 1. The Bertz CT molecular complexity index is 2550. The van der Waals surface area contributed by atoms with Crippen LogP contribution in [0.3, 0.4) is 0 Å². The second kappa shape index (κ2) is 16.6. The van der Waals surface area contributed by atoms with Crippen LogP contribution in [0.25, 0.3) is 21.4 Å². The molecule has 0 fully saturated rings. The first-order valence-corrected chi connectivity index (χ1v) is 18.4. The van der Waals surface area contributed by atoms with Gasteiger partial charge < -0.3 is 19.8 Å². The number of hydrogen-bond acceptors (Lipinski definition) is 11. The summed E-state index contributed by atoms with van der Waals surface area (Å²) in [5.41, 5.74) is 9.55. The van der Waals surface area contributed by atoms with E-state index in [0.29, 0.717) is 92.5 Å². The molecule has 3 amide bonds. The molecule has 0 aliphatic carbocycles. The molecule has 55 heavy (non-hydrogen) atoms. The minimum atomic E-state index is -0.636. The first-order valence-electron chi connectivity index (χ1n) is 17.5. The molecule has 284 valence electrons. The number of anilines is 1. The summed E-state index contributed by atoms with van der Waals surface area (Å²) in [5, 5.41) is 11.7. The smallest absolute Gasteiger partial charge is 0.297 e. The van der Waals surface area contributed by atoms with Gasteiger partial charge in [0.05, 0.1) is 33.8 Å². The lowest BCUT2D eigenvalue weighted by atomic mass is 10.2. The van der Waals surface area contributed by atoms with Gasteiger partial charge in [-0.05, 0) is 64.4 Å². The van der Waals surface area contributed by atoms with E-state index in [4.69, 9.17) is 15.5 Å². The second-order valence-electron chi connectivity index (χ2n) is 12.4. The molecule has 0 aliphatic rings. The fraction of sp³-hybridized carbons (Fsp3) is 0.297. The molecule has 0 radical (unpaired) electrons. The first-order chi connectivity index (χ1) is 26.5. The molecule has 6 rings (SSSR count). The number of hydrogen-bond donors (Lipinski definition) is 2. The van der Waals surface area contributed by atoms with Gasteiger partial charge in [0.25, 0.3) is 11.8 Å². The largest absolute Gasteiger partial charge is 0.491 e. The average Bonchev–Trinajstić information content (AvgIpc) is 3.93. The van der Waals surface area contributed by atoms with Crippen molar-refractivity contribution in [1.29, 1.82) is 0 Å². The van der Waals surface area contributed by atoms with Crippen molar-refractivity contribution < 1.29 is 28.7 Å². The maximum absolute atomic E-state index is 13.6. The maximum atomic E-state index is 13.6. The van der Waals surface area contributed by atoms with Gasteiger partial charge in [-0.2, -0.15) is 15.2 Å². The Kier molecular flexibility index (Phi) is 11.5. The van der Waals surface area contributed by atoms with Crippen molar-refractivity contribution in [2.75, 3.05) is 11.9 Å². The monoisotopic (exact) mass is 765 g/mol. The molecule has 17 nitrogen and oxygen atoms in total. The fourth-order valence-electron chi connectivity index (χ4n) is 5.99. The molecule has 3 N–H and O–H groups in total. The lowest BCUT2D eigenvalue weighted by Gasteiger charge is -2.12. The van der Waals surface area contributed by atoms with Crippen LogP contribution in [-0.2, 0) is 31.0 Å². The summed E-state index contributed by atoms with van der Waals surface area (Å²) in [5.74, 6) is -0.991. The second-order valence-corrected chi connectivity index (χ2v) is 13.4. The number of allylic oxidation sites excluding steroid dienone is 2. The third kappa shape index (κ3) is 8.18. The molecule has 0 spiro atoms. The number of pyridine rings is 1. The minimum absolute atomic E-state index is 0.186. The van der Waals surface area contributed by atoms with Crippen LogP contribution in [0, 0.1) is 13.8 Å². The number of fused-ring (bicyclic) bond motifs is 2. The van der Waals surface area contributed by atoms with Gasteiger partial charge in [0.1, 0.15) is 35.2 Å². The summed E-state index contributed by atoms with van der Waals surface area (Å²) in [6.45, 7) is 8.95. The molecule has 1 aromatic carbocycles. The molecule has 6 aromatic rings. The van der Waals surface area contributed by atoms with Gasteiger partial charge in [0.2, 0.25) is 11.9 Å². The summed E-state index contributed by atoms with van der Waals surface area (Å²) in [6.07, 6.45) is 7.33. The van der Waals surface area contributed by atoms with Gasteiger partial charge in [-0.15, -0.1) is 0 Å². The predicted octanol–water partition coefficient (Wildman–Crippen LogP) is 4.02. The molecular weight excluding hydrogens is 727 g/mol. The number of imidazole rings is 1. The molecule has 0 saturated carbocycles. The quantitative estimate of drug-likeness (QED) is 0.0820. The number of carbonyl (C=O) groups excluding carboxylic acids is 5. The molecule has 0 bridgehead atoms. The number of unbranched alkanes of at least 4 members (excludes halogenated alkanes) is 1. The number of rotatable bonds is 16. The van der Waals surface area contributed by atoms with Crippen LogP contribution >= 0.6 is 11.3 Å². The van der Waals surface area contributed by atoms with Gasteiger partial charge in [0.15, 0.2) is 10.4 Å². The highest BCUT2D eigenvalue weighted by Crippen LogP contribution is 2.31. The van der Waals surface area contributed by atoms with Crippen molar-refractivity contribution in [1.82, 2.24) is 38.7 Å². The van der Waals surface area contributed by atoms with Gasteiger partial charge in [-0.1, -0.05) is 23.5 Å². The van der Waals surface area contributed by atoms with E-state index in [0.717, 1.165) is 6.29 Å². The Balaban J connectivity index is 1.39. The van der Waals surface area contributed by atoms with E-state index in [2.05, 4.69) is 25.5 Å². The highest BCUT2D eigenvalue weighted by molar-refractivity contribution is 7.16. The summed E-state index contributed by atoms with van der Waals surface area (Å²) in [7, 11) is 0. The van der Waals surface area contributed by atoms with Crippen LogP contribution in [0.1, 0.15) is 79.8 Å². The van der Waals surface area contributed by atoms with Crippen LogP contribution < -0.4 is 20.6 Å². The Morgan fingerprint density at radius 3 is 2.31 bits per heavy atom. The summed E-state index contributed by atoms with van der Waals surface area (Å²) in [6, 6.07) is 8.17. The highest BCUT2D eigenvalue weighted by atomic mass is 32.1. The summed E-state index contributed by atoms with van der Waals surface area (Å²) in [4.78, 5) is 75.8. The van der Waals surface area contributed by atoms with Crippen molar-refractivity contribution in [2.24, 2.45) is 10.7 Å². The first kappa shape index (κ1) is 38.2. The Labute approximate surface area is 318 Å². The molecule has 0 saturated heterocycles. The number of nitrogens with one attached hydrogen (secondary N) is 1. The number of nitrogens with two attached hydrogens (primary N) is 1. The third-order valence-corrected chi connectivity index (χ3v) is 9.53. The zero-order valence-electron chi connectivity index (χ0n) is 30.7. The normalized spacial score (nSPS) is 11.9. The van der Waals surface area contributed by atoms with Crippen LogP contribution in [0.4, 0.5) is 5.95 Å². The van der Waals surface area contributed by atoms with Gasteiger partial charge in [0, 0.05) is 44.4 Å². The van der Waals surface area contributed by atoms with Crippen LogP contribution in [0.5, 0.6) is 5.75 Å². The van der Waals surface area contributed by atoms with Crippen LogP contribution in [0.15, 0.2) is 53.7 Å². The van der Waals surface area contributed by atoms with E-state index < -0.39 is 17.7 Å². The topological polar surface area (TPSA) is 216 Å². The lowest BCUT2D eigenvalue weighted by Crippen LogP contribution is -2.20. The predicted molar refractivity (Wildman–Crippen MR) is 204 cm³/mol. The number of carbonyl (C=O) groups is 5. The number of ether oxygens (including phenoxy) is 1. The molecule has 0 aliphatic heterocycles. The number of aldehydes is 2. The Hall–Kier alpha value is -6.56. The number of primary amides is 1. The Morgan fingerprint density at radius 2 is 1.64 bits per heavy atom. The van der Waals surface area contributed by atoms with Crippen molar-refractivity contribution in [3.63, 3.8) is 0 Å². The van der Waals surface area contributed by atoms with Gasteiger partial charge >= 0.3 is 0 Å². The van der Waals surface area contributed by atoms with Crippen molar-refractivity contribution in [3.8, 4) is 5.75 Å². The third-order valence-electron chi connectivity index (χ3n) is 8.51. The highest BCUT2D eigenvalue weighted by Gasteiger charge is 2.21. The molecule has 5 heterocycles. The van der Waals surface area contributed by atoms with Crippen molar-refractivity contribution >= 4 is 69.0 Å².